The molecule has 1 unspecified atom stereocenters. The average molecular weight is 612 g/mol. The summed E-state index contributed by atoms with van der Waals surface area (Å²) < 4.78 is 51.1. The number of nitrogens with zero attached hydrogens (tertiary/aromatic N) is 2. The normalized spacial score (nSPS) is 12.9. The van der Waals surface area contributed by atoms with Crippen molar-refractivity contribution in [3.05, 3.63) is 89.7 Å². The lowest BCUT2D eigenvalue weighted by molar-refractivity contribution is -0.141. The summed E-state index contributed by atoms with van der Waals surface area (Å²) in [5.74, 6) is 0.00102. The second kappa shape index (κ2) is 14.9. The van der Waals surface area contributed by atoms with Gasteiger partial charge >= 0.3 is 0 Å². The molecule has 43 heavy (non-hydrogen) atoms. The van der Waals surface area contributed by atoms with Crippen LogP contribution in [0.2, 0.25) is 0 Å². The first kappa shape index (κ1) is 31.8. The minimum absolute atomic E-state index is 0.00863. The largest absolute Gasteiger partial charge is 0.454 e. The van der Waals surface area contributed by atoms with E-state index in [1.807, 2.05) is 37.3 Å². The van der Waals surface area contributed by atoms with Crippen LogP contribution in [-0.2, 0) is 32.6 Å². The monoisotopic (exact) mass is 611 g/mol. The Hall–Kier alpha value is -4.12. The van der Waals surface area contributed by atoms with Crippen LogP contribution in [0.5, 0.6) is 11.5 Å². The molecule has 0 aromatic heterocycles. The summed E-state index contributed by atoms with van der Waals surface area (Å²) in [6.07, 6.45) is 3.30. The fourth-order valence-electron chi connectivity index (χ4n) is 4.89. The number of halogens is 1. The van der Waals surface area contributed by atoms with Crippen LogP contribution in [0.1, 0.15) is 43.7 Å². The molecule has 0 bridgehead atoms. The number of carbonyl (C=O) groups excluding carboxylic acids is 2. The van der Waals surface area contributed by atoms with Crippen molar-refractivity contribution in [2.24, 2.45) is 0 Å². The zero-order chi connectivity index (χ0) is 30.8. The van der Waals surface area contributed by atoms with Gasteiger partial charge in [0.25, 0.3) is 0 Å². The highest BCUT2D eigenvalue weighted by molar-refractivity contribution is 7.92. The van der Waals surface area contributed by atoms with Crippen LogP contribution in [0.3, 0.4) is 0 Å². The number of amides is 2. The highest BCUT2D eigenvalue weighted by Gasteiger charge is 2.30. The molecule has 0 fully saturated rings. The van der Waals surface area contributed by atoms with Gasteiger partial charge in [0.2, 0.25) is 28.6 Å². The van der Waals surface area contributed by atoms with E-state index in [4.69, 9.17) is 9.47 Å². The van der Waals surface area contributed by atoms with Crippen molar-refractivity contribution in [2.75, 3.05) is 30.4 Å². The maximum absolute atomic E-state index is 13.9. The van der Waals surface area contributed by atoms with E-state index in [0.29, 0.717) is 35.7 Å². The van der Waals surface area contributed by atoms with Crippen LogP contribution in [0.4, 0.5) is 10.1 Å². The molecule has 3 aromatic carbocycles. The Kier molecular flexibility index (Phi) is 11.0. The van der Waals surface area contributed by atoms with E-state index in [1.54, 1.807) is 30.3 Å². The van der Waals surface area contributed by atoms with Gasteiger partial charge in [-0.15, -0.1) is 0 Å². The van der Waals surface area contributed by atoms with Gasteiger partial charge in [0.1, 0.15) is 11.9 Å². The van der Waals surface area contributed by atoms with Gasteiger partial charge in [-0.1, -0.05) is 55.8 Å². The van der Waals surface area contributed by atoms with Crippen molar-refractivity contribution in [3.63, 3.8) is 0 Å². The van der Waals surface area contributed by atoms with E-state index in [1.165, 1.54) is 21.3 Å². The van der Waals surface area contributed by atoms with Gasteiger partial charge in [0.05, 0.1) is 11.9 Å². The molecular weight excluding hydrogens is 573 g/mol. The third kappa shape index (κ3) is 8.93. The molecule has 230 valence electrons. The number of fused-ring (bicyclic) bond motifs is 1. The fraction of sp³-hybridized carbons (Fsp3) is 0.375. The molecule has 0 radical (unpaired) electrons. The Morgan fingerprint density at radius 1 is 0.953 bits per heavy atom. The molecule has 0 spiro atoms. The van der Waals surface area contributed by atoms with Gasteiger partial charge in [0, 0.05) is 38.5 Å². The van der Waals surface area contributed by atoms with Crippen molar-refractivity contribution in [1.29, 1.82) is 0 Å². The molecule has 1 heterocycles. The van der Waals surface area contributed by atoms with Gasteiger partial charge < -0.3 is 19.7 Å². The number of carbonyl (C=O) groups is 2. The number of rotatable bonds is 15. The summed E-state index contributed by atoms with van der Waals surface area (Å²) in [5, 5.41) is 2.97. The van der Waals surface area contributed by atoms with Crippen LogP contribution >= 0.6 is 0 Å². The summed E-state index contributed by atoms with van der Waals surface area (Å²) in [6, 6.07) is 19.3. The molecule has 1 N–H and O–H groups in total. The SMILES string of the molecule is CCCCNC(=O)C(Cc1ccccc1)N(Cc1ccc(F)cc1)C(=O)CCCN(c1ccc2c(c1)OCO2)S(C)(=O)=O. The number of sulfonamides is 1. The molecule has 3 aromatic rings. The number of hydrogen-bond acceptors (Lipinski definition) is 6. The summed E-state index contributed by atoms with van der Waals surface area (Å²) >= 11 is 0. The molecule has 4 rings (SSSR count). The smallest absolute Gasteiger partial charge is 0.243 e. The lowest BCUT2D eigenvalue weighted by Crippen LogP contribution is -2.50. The van der Waals surface area contributed by atoms with Crippen molar-refractivity contribution < 1.29 is 31.9 Å². The van der Waals surface area contributed by atoms with E-state index in [0.717, 1.165) is 24.7 Å². The third-order valence-electron chi connectivity index (χ3n) is 7.16. The van der Waals surface area contributed by atoms with Crippen LogP contribution in [0.25, 0.3) is 0 Å². The minimum atomic E-state index is -3.68. The number of benzene rings is 3. The number of hydrogen-bond donors (Lipinski definition) is 1. The summed E-state index contributed by atoms with van der Waals surface area (Å²) in [5.41, 5.74) is 1.97. The summed E-state index contributed by atoms with van der Waals surface area (Å²) in [7, 11) is -3.68. The highest BCUT2D eigenvalue weighted by atomic mass is 32.2. The number of anilines is 1. The van der Waals surface area contributed by atoms with E-state index < -0.39 is 21.9 Å². The first-order valence-corrected chi connectivity index (χ1v) is 16.2. The molecular formula is C32H38FN3O6S. The summed E-state index contributed by atoms with van der Waals surface area (Å²) in [4.78, 5) is 28.9. The first-order chi connectivity index (χ1) is 20.7. The van der Waals surface area contributed by atoms with Crippen LogP contribution in [-0.4, -0.2) is 57.3 Å². The van der Waals surface area contributed by atoms with Gasteiger partial charge in [0.15, 0.2) is 11.5 Å². The topological polar surface area (TPSA) is 105 Å². The van der Waals surface area contributed by atoms with Crippen molar-refractivity contribution in [3.8, 4) is 11.5 Å². The molecule has 1 aliphatic heterocycles. The minimum Gasteiger partial charge on any atom is -0.454 e. The van der Waals surface area contributed by atoms with Gasteiger partial charge in [-0.25, -0.2) is 12.8 Å². The number of ether oxygens (including phenoxy) is 2. The molecule has 0 saturated heterocycles. The Labute approximate surface area is 252 Å². The second-order valence-corrected chi connectivity index (χ2v) is 12.4. The third-order valence-corrected chi connectivity index (χ3v) is 8.36. The van der Waals surface area contributed by atoms with E-state index >= 15 is 0 Å². The molecule has 1 aliphatic rings. The van der Waals surface area contributed by atoms with E-state index in [9.17, 15) is 22.4 Å². The van der Waals surface area contributed by atoms with E-state index in [2.05, 4.69) is 5.32 Å². The predicted octanol–water partition coefficient (Wildman–Crippen LogP) is 4.66. The molecule has 0 aliphatic carbocycles. The standard InChI is InChI=1S/C32H38FN3O6S/c1-3-4-18-34-32(38)28(20-24-9-6-5-7-10-24)35(22-25-12-14-26(33)15-13-25)31(37)11-8-19-36(43(2,39)40)27-16-17-29-30(21-27)42-23-41-29/h5-7,9-10,12-17,21,28H,3-4,8,11,18-20,22-23H2,1-2H3,(H,34,38). The molecule has 1 atom stereocenters. The number of unbranched alkanes of at least 4 members (excludes halogenated alkanes) is 1. The van der Waals surface area contributed by atoms with Gasteiger partial charge in [-0.3, -0.25) is 13.9 Å². The summed E-state index contributed by atoms with van der Waals surface area (Å²) in [6.45, 7) is 2.71. The lowest BCUT2D eigenvalue weighted by atomic mass is 10.0. The highest BCUT2D eigenvalue weighted by Crippen LogP contribution is 2.36. The maximum Gasteiger partial charge on any atom is 0.243 e. The zero-order valence-electron chi connectivity index (χ0n) is 24.5. The zero-order valence-corrected chi connectivity index (χ0v) is 25.3. The second-order valence-electron chi connectivity index (χ2n) is 10.5. The molecule has 9 nitrogen and oxygen atoms in total. The first-order valence-electron chi connectivity index (χ1n) is 14.4. The molecule has 2 amide bonds. The average Bonchev–Trinajstić information content (AvgIpc) is 3.46. The lowest BCUT2D eigenvalue weighted by Gasteiger charge is -2.32. The Bertz CT molecular complexity index is 1480. The van der Waals surface area contributed by atoms with E-state index in [-0.39, 0.29) is 44.5 Å². The van der Waals surface area contributed by atoms with Crippen molar-refractivity contribution in [1.82, 2.24) is 10.2 Å². The van der Waals surface area contributed by atoms with Gasteiger partial charge in [-0.05, 0) is 48.2 Å². The van der Waals surface area contributed by atoms with Crippen LogP contribution in [0, 0.1) is 5.82 Å². The van der Waals surface area contributed by atoms with Gasteiger partial charge in [-0.2, -0.15) is 0 Å². The maximum atomic E-state index is 13.9. The van der Waals surface area contributed by atoms with Crippen molar-refractivity contribution in [2.45, 2.75) is 51.6 Å². The Morgan fingerprint density at radius 2 is 1.67 bits per heavy atom. The fourth-order valence-corrected chi connectivity index (χ4v) is 5.85. The van der Waals surface area contributed by atoms with Crippen LogP contribution < -0.4 is 19.1 Å². The molecule has 0 saturated carbocycles. The molecule has 11 heteroatoms. The van der Waals surface area contributed by atoms with Crippen molar-refractivity contribution >= 4 is 27.5 Å². The van der Waals surface area contributed by atoms with Crippen LogP contribution in [0.15, 0.2) is 72.8 Å². The number of nitrogens with one attached hydrogen (secondary N) is 1. The Morgan fingerprint density at radius 3 is 2.37 bits per heavy atom. The quantitative estimate of drug-likeness (QED) is 0.251. The Balaban J connectivity index is 1.56. The predicted molar refractivity (Wildman–Crippen MR) is 163 cm³/mol.